The Morgan fingerprint density at radius 2 is 1.66 bits per heavy atom. The van der Waals surface area contributed by atoms with Gasteiger partial charge in [0.2, 0.25) is 0 Å². The minimum atomic E-state index is -0.209. The molecule has 2 aromatic rings. The maximum atomic E-state index is 12.8. The minimum absolute atomic E-state index is 0.142. The molecule has 2 amide bonds. The van der Waals surface area contributed by atoms with Crippen molar-refractivity contribution >= 4 is 18.0 Å². The number of carbonyl (C=O) groups is 2. The Labute approximate surface area is 170 Å². The van der Waals surface area contributed by atoms with Crippen LogP contribution in [0.5, 0.6) is 0 Å². The molecule has 1 aromatic heterocycles. The molecule has 5 nitrogen and oxygen atoms in total. The van der Waals surface area contributed by atoms with Gasteiger partial charge in [-0.25, -0.2) is 0 Å². The van der Waals surface area contributed by atoms with Crippen LogP contribution in [0, 0.1) is 37.5 Å². The number of allylic oxidation sites excluding steroid dienone is 2. The molecule has 29 heavy (non-hydrogen) atoms. The first kappa shape index (κ1) is 18.1. The molecule has 1 saturated carbocycles. The Bertz CT molecular complexity index is 1030. The number of carbonyl (C=O) groups excluding carboxylic acids is 2. The SMILES string of the molecule is CCc1ccc(-n2c(C)cc(C=NN3C(=O)[C@@H]4[C@H](C3=O)[C@H]3C=C[C@H]4C3)c2C)cc1. The van der Waals surface area contributed by atoms with Crippen LogP contribution in [-0.4, -0.2) is 27.6 Å². The Balaban J connectivity index is 1.42. The van der Waals surface area contributed by atoms with Gasteiger partial charge in [0.05, 0.1) is 18.1 Å². The molecular formula is C24H25N3O2. The fraction of sp³-hybridized carbons (Fsp3) is 0.375. The molecule has 2 fully saturated rings. The Morgan fingerprint density at radius 3 is 2.24 bits per heavy atom. The third-order valence-corrected chi connectivity index (χ3v) is 6.83. The lowest BCUT2D eigenvalue weighted by atomic mass is 9.85. The number of fused-ring (bicyclic) bond motifs is 5. The van der Waals surface area contributed by atoms with E-state index in [0.29, 0.717) is 0 Å². The lowest BCUT2D eigenvalue weighted by molar-refractivity contribution is -0.140. The molecule has 1 aliphatic heterocycles. The van der Waals surface area contributed by atoms with Crippen LogP contribution in [0.1, 0.15) is 35.9 Å². The van der Waals surface area contributed by atoms with E-state index in [-0.39, 0.29) is 35.5 Å². The molecule has 1 saturated heterocycles. The molecule has 0 N–H and O–H groups in total. The van der Waals surface area contributed by atoms with E-state index in [1.807, 2.05) is 13.0 Å². The van der Waals surface area contributed by atoms with E-state index in [1.165, 1.54) is 5.56 Å². The summed E-state index contributed by atoms with van der Waals surface area (Å²) in [6, 6.07) is 10.6. The quantitative estimate of drug-likeness (QED) is 0.455. The molecule has 0 radical (unpaired) electrons. The second-order valence-electron chi connectivity index (χ2n) is 8.41. The summed E-state index contributed by atoms with van der Waals surface area (Å²) in [5, 5.41) is 5.45. The maximum absolute atomic E-state index is 12.8. The smallest absolute Gasteiger partial charge is 0.254 e. The van der Waals surface area contributed by atoms with Gasteiger partial charge >= 0.3 is 0 Å². The minimum Gasteiger partial charge on any atom is -0.318 e. The number of aryl methyl sites for hydroxylation is 2. The molecule has 0 spiro atoms. The Morgan fingerprint density at radius 1 is 1.03 bits per heavy atom. The normalized spacial score (nSPS) is 27.6. The van der Waals surface area contributed by atoms with Crippen LogP contribution in [0.25, 0.3) is 5.69 Å². The third kappa shape index (κ3) is 2.64. The second-order valence-corrected chi connectivity index (χ2v) is 8.41. The van der Waals surface area contributed by atoms with Crippen molar-refractivity contribution in [3.8, 4) is 5.69 Å². The fourth-order valence-corrected chi connectivity index (χ4v) is 5.32. The average Bonchev–Trinajstić information content (AvgIpc) is 3.45. The van der Waals surface area contributed by atoms with Gasteiger partial charge < -0.3 is 4.57 Å². The van der Waals surface area contributed by atoms with Crippen LogP contribution < -0.4 is 0 Å². The fourth-order valence-electron chi connectivity index (χ4n) is 5.32. The van der Waals surface area contributed by atoms with Crippen LogP contribution in [0.4, 0.5) is 0 Å². The van der Waals surface area contributed by atoms with Crippen LogP contribution >= 0.6 is 0 Å². The maximum Gasteiger partial charge on any atom is 0.254 e. The highest BCUT2D eigenvalue weighted by Gasteiger charge is 2.59. The van der Waals surface area contributed by atoms with Crippen molar-refractivity contribution in [1.29, 1.82) is 0 Å². The van der Waals surface area contributed by atoms with E-state index < -0.39 is 0 Å². The summed E-state index contributed by atoms with van der Waals surface area (Å²) in [6.07, 6.45) is 7.80. The number of imide groups is 1. The Hall–Kier alpha value is -2.95. The summed E-state index contributed by atoms with van der Waals surface area (Å²) in [5.41, 5.74) is 5.45. The van der Waals surface area contributed by atoms with Gasteiger partial charge in [0.15, 0.2) is 0 Å². The standard InChI is InChI=1S/C24H25N3O2/c1-4-16-5-9-20(10-6-16)26-14(2)11-19(15(26)3)13-25-27-23(28)21-17-7-8-18(12-17)22(21)24(27)29/h5-11,13,17-18,21-22H,4,12H2,1-3H3/t17-,18-,21-,22+/m0/s1. The molecule has 3 aliphatic rings. The van der Waals surface area contributed by atoms with Gasteiger partial charge in [0, 0.05) is 22.6 Å². The van der Waals surface area contributed by atoms with Gasteiger partial charge in [0.1, 0.15) is 0 Å². The van der Waals surface area contributed by atoms with Crippen molar-refractivity contribution in [1.82, 2.24) is 9.58 Å². The number of amides is 2. The summed E-state index contributed by atoms with van der Waals surface area (Å²) < 4.78 is 2.17. The molecule has 0 unspecified atom stereocenters. The number of benzene rings is 1. The van der Waals surface area contributed by atoms with Crippen LogP contribution in [0.3, 0.4) is 0 Å². The predicted molar refractivity (Wildman–Crippen MR) is 112 cm³/mol. The topological polar surface area (TPSA) is 54.7 Å². The Kier molecular flexibility index (Phi) is 4.09. The highest BCUT2D eigenvalue weighted by Crippen LogP contribution is 2.52. The average molecular weight is 387 g/mol. The number of hydrazone groups is 1. The molecule has 2 heterocycles. The summed E-state index contributed by atoms with van der Waals surface area (Å²) in [5.74, 6) is -0.289. The van der Waals surface area contributed by atoms with E-state index in [4.69, 9.17) is 0 Å². The number of rotatable bonds is 4. The van der Waals surface area contributed by atoms with E-state index in [2.05, 4.69) is 59.9 Å². The van der Waals surface area contributed by atoms with Crippen molar-refractivity contribution in [3.63, 3.8) is 0 Å². The van der Waals surface area contributed by atoms with Crippen molar-refractivity contribution in [2.24, 2.45) is 28.8 Å². The number of hydrogen-bond acceptors (Lipinski definition) is 3. The summed E-state index contributed by atoms with van der Waals surface area (Å²) in [7, 11) is 0. The molecule has 4 atom stereocenters. The van der Waals surface area contributed by atoms with Crippen molar-refractivity contribution in [2.75, 3.05) is 0 Å². The molecule has 148 valence electrons. The molecule has 1 aromatic carbocycles. The number of nitrogens with zero attached hydrogens (tertiary/aromatic N) is 3. The lowest BCUT2D eigenvalue weighted by Gasteiger charge is -2.13. The summed E-state index contributed by atoms with van der Waals surface area (Å²) in [6.45, 7) is 6.24. The molecular weight excluding hydrogens is 362 g/mol. The highest BCUT2D eigenvalue weighted by molar-refractivity contribution is 6.06. The zero-order valence-corrected chi connectivity index (χ0v) is 17.0. The van der Waals surface area contributed by atoms with Gasteiger partial charge in [-0.2, -0.15) is 10.1 Å². The summed E-state index contributed by atoms with van der Waals surface area (Å²) >= 11 is 0. The first-order valence-corrected chi connectivity index (χ1v) is 10.4. The van der Waals surface area contributed by atoms with Gasteiger partial charge in [-0.05, 0) is 62.3 Å². The van der Waals surface area contributed by atoms with Gasteiger partial charge in [0.25, 0.3) is 11.8 Å². The van der Waals surface area contributed by atoms with E-state index in [1.54, 1.807) is 6.21 Å². The first-order chi connectivity index (χ1) is 14.0. The predicted octanol–water partition coefficient (Wildman–Crippen LogP) is 3.80. The first-order valence-electron chi connectivity index (χ1n) is 10.4. The number of hydrogen-bond donors (Lipinski definition) is 0. The van der Waals surface area contributed by atoms with Crippen LogP contribution in [0.15, 0.2) is 47.6 Å². The highest BCUT2D eigenvalue weighted by atomic mass is 16.2. The van der Waals surface area contributed by atoms with Crippen molar-refractivity contribution < 1.29 is 9.59 Å². The zero-order valence-electron chi connectivity index (χ0n) is 17.0. The van der Waals surface area contributed by atoms with E-state index >= 15 is 0 Å². The molecule has 5 rings (SSSR count). The third-order valence-electron chi connectivity index (χ3n) is 6.83. The van der Waals surface area contributed by atoms with Crippen molar-refractivity contribution in [2.45, 2.75) is 33.6 Å². The second kappa shape index (κ2) is 6.55. The van der Waals surface area contributed by atoms with Crippen molar-refractivity contribution in [3.05, 3.63) is 65.0 Å². The molecule has 2 bridgehead atoms. The van der Waals surface area contributed by atoms with E-state index in [9.17, 15) is 9.59 Å². The van der Waals surface area contributed by atoms with E-state index in [0.717, 1.165) is 40.5 Å². The van der Waals surface area contributed by atoms with Gasteiger partial charge in [-0.3, -0.25) is 9.59 Å². The van der Waals surface area contributed by atoms with Gasteiger partial charge in [-0.15, -0.1) is 0 Å². The molecule has 2 aliphatic carbocycles. The monoisotopic (exact) mass is 387 g/mol. The molecule has 5 heteroatoms. The van der Waals surface area contributed by atoms with Gasteiger partial charge in [-0.1, -0.05) is 31.2 Å². The largest absolute Gasteiger partial charge is 0.318 e. The van der Waals surface area contributed by atoms with Crippen LogP contribution in [-0.2, 0) is 16.0 Å². The number of aromatic nitrogens is 1. The van der Waals surface area contributed by atoms with Crippen LogP contribution in [0.2, 0.25) is 0 Å². The lowest BCUT2D eigenvalue weighted by Crippen LogP contribution is -2.28. The zero-order chi connectivity index (χ0) is 20.3. The summed E-state index contributed by atoms with van der Waals surface area (Å²) in [4.78, 5) is 25.6.